The van der Waals surface area contributed by atoms with E-state index in [1.165, 1.54) is 5.56 Å². The highest BCUT2D eigenvalue weighted by molar-refractivity contribution is 5.09. The van der Waals surface area contributed by atoms with Crippen molar-refractivity contribution in [1.82, 2.24) is 9.88 Å². The first-order chi connectivity index (χ1) is 8.16. The average molecular weight is 234 g/mol. The third-order valence-corrected chi connectivity index (χ3v) is 3.62. The van der Waals surface area contributed by atoms with Gasteiger partial charge in [0.15, 0.2) is 0 Å². The normalized spacial score (nSPS) is 26.7. The molecule has 2 rings (SSSR count). The monoisotopic (exact) mass is 234 g/mol. The quantitative estimate of drug-likeness (QED) is 0.867. The molecule has 1 fully saturated rings. The Morgan fingerprint density at radius 1 is 1.29 bits per heavy atom. The molecule has 0 spiro atoms. The summed E-state index contributed by atoms with van der Waals surface area (Å²) < 4.78 is 0. The number of nitrogens with zero attached hydrogens (tertiary/aromatic N) is 2. The minimum atomic E-state index is -0.453. The van der Waals surface area contributed by atoms with E-state index in [1.54, 1.807) is 0 Å². The molecular formula is C14H22N2O. The number of aromatic nitrogens is 1. The van der Waals surface area contributed by atoms with Gasteiger partial charge in [-0.1, -0.05) is 0 Å². The Balaban J connectivity index is 1.80. The van der Waals surface area contributed by atoms with Gasteiger partial charge < -0.3 is 10.0 Å². The Morgan fingerprint density at radius 2 is 2.06 bits per heavy atom. The fraction of sp³-hybridized carbons (Fsp3) is 0.643. The first-order valence-electron chi connectivity index (χ1n) is 6.49. The van der Waals surface area contributed by atoms with Gasteiger partial charge in [-0.15, -0.1) is 0 Å². The van der Waals surface area contributed by atoms with Crippen molar-refractivity contribution in [3.63, 3.8) is 0 Å². The minimum Gasteiger partial charge on any atom is -0.390 e. The molecule has 1 N–H and O–H groups in total. The van der Waals surface area contributed by atoms with Gasteiger partial charge in [0.05, 0.1) is 5.60 Å². The van der Waals surface area contributed by atoms with Gasteiger partial charge in [0.1, 0.15) is 0 Å². The Morgan fingerprint density at radius 3 is 2.82 bits per heavy atom. The first-order valence-corrected chi connectivity index (χ1v) is 6.49. The number of likely N-dealkylation sites (tertiary alicyclic amines) is 1. The van der Waals surface area contributed by atoms with E-state index in [0.717, 1.165) is 45.3 Å². The van der Waals surface area contributed by atoms with Gasteiger partial charge in [-0.05, 0) is 56.8 Å². The predicted molar refractivity (Wildman–Crippen MR) is 68.9 cm³/mol. The summed E-state index contributed by atoms with van der Waals surface area (Å²) >= 11 is 0. The molecule has 1 unspecified atom stereocenters. The number of hydrogen-bond donors (Lipinski definition) is 1. The van der Waals surface area contributed by atoms with Gasteiger partial charge in [0, 0.05) is 25.5 Å². The summed E-state index contributed by atoms with van der Waals surface area (Å²) in [5, 5.41) is 10.0. The topological polar surface area (TPSA) is 36.4 Å². The SMILES string of the molecule is CC1(O)CCCN(CCc2ccncc2)CC1. The van der Waals surface area contributed by atoms with E-state index in [9.17, 15) is 5.11 Å². The molecule has 0 aliphatic carbocycles. The Hall–Kier alpha value is -0.930. The maximum absolute atomic E-state index is 10.0. The standard InChI is InChI=1S/C14H22N2O/c1-14(17)6-2-10-16(12-7-14)11-5-13-3-8-15-9-4-13/h3-4,8-9,17H,2,5-7,10-12H2,1H3. The molecule has 0 aromatic carbocycles. The van der Waals surface area contributed by atoms with Crippen molar-refractivity contribution in [1.29, 1.82) is 0 Å². The Bertz CT molecular complexity index is 337. The zero-order chi connectivity index (χ0) is 12.1. The van der Waals surface area contributed by atoms with Gasteiger partial charge in [0.25, 0.3) is 0 Å². The molecule has 0 radical (unpaired) electrons. The van der Waals surface area contributed by atoms with Crippen LogP contribution in [0.3, 0.4) is 0 Å². The van der Waals surface area contributed by atoms with E-state index >= 15 is 0 Å². The number of pyridine rings is 1. The molecule has 1 saturated heterocycles. The predicted octanol–water partition coefficient (Wildman–Crippen LogP) is 1.86. The van der Waals surface area contributed by atoms with Crippen molar-refractivity contribution < 1.29 is 5.11 Å². The second kappa shape index (κ2) is 5.61. The van der Waals surface area contributed by atoms with E-state index in [2.05, 4.69) is 22.0 Å². The summed E-state index contributed by atoms with van der Waals surface area (Å²) in [4.78, 5) is 6.49. The molecule has 94 valence electrons. The zero-order valence-electron chi connectivity index (χ0n) is 10.6. The van der Waals surface area contributed by atoms with Gasteiger partial charge >= 0.3 is 0 Å². The van der Waals surface area contributed by atoms with Crippen LogP contribution in [0.1, 0.15) is 31.7 Å². The average Bonchev–Trinajstić information content (AvgIpc) is 2.49. The molecule has 2 heterocycles. The second-order valence-corrected chi connectivity index (χ2v) is 5.30. The van der Waals surface area contributed by atoms with E-state index in [-0.39, 0.29) is 0 Å². The molecule has 1 atom stereocenters. The van der Waals surface area contributed by atoms with Crippen LogP contribution >= 0.6 is 0 Å². The van der Waals surface area contributed by atoms with Crippen molar-refractivity contribution in [2.75, 3.05) is 19.6 Å². The van der Waals surface area contributed by atoms with Crippen molar-refractivity contribution in [3.05, 3.63) is 30.1 Å². The lowest BCUT2D eigenvalue weighted by atomic mass is 9.98. The molecule has 17 heavy (non-hydrogen) atoms. The lowest BCUT2D eigenvalue weighted by molar-refractivity contribution is 0.0447. The van der Waals surface area contributed by atoms with Crippen LogP contribution in [0.25, 0.3) is 0 Å². The Labute approximate surface area is 103 Å². The van der Waals surface area contributed by atoms with Crippen molar-refractivity contribution in [2.24, 2.45) is 0 Å². The summed E-state index contributed by atoms with van der Waals surface area (Å²) in [5.41, 5.74) is 0.891. The summed E-state index contributed by atoms with van der Waals surface area (Å²) in [5.74, 6) is 0. The fourth-order valence-electron chi connectivity index (χ4n) is 2.38. The van der Waals surface area contributed by atoms with E-state index in [0.29, 0.717) is 0 Å². The summed E-state index contributed by atoms with van der Waals surface area (Å²) in [6.07, 6.45) is 7.70. The van der Waals surface area contributed by atoms with Crippen molar-refractivity contribution >= 4 is 0 Å². The molecule has 1 aromatic rings. The van der Waals surface area contributed by atoms with E-state index < -0.39 is 5.60 Å². The maximum Gasteiger partial charge on any atom is 0.0632 e. The molecule has 0 amide bonds. The van der Waals surface area contributed by atoms with Gasteiger partial charge in [0.2, 0.25) is 0 Å². The van der Waals surface area contributed by atoms with E-state index in [1.807, 2.05) is 19.3 Å². The zero-order valence-corrected chi connectivity index (χ0v) is 10.6. The minimum absolute atomic E-state index is 0.453. The van der Waals surface area contributed by atoms with Crippen LogP contribution in [0.5, 0.6) is 0 Å². The Kier molecular flexibility index (Phi) is 4.13. The molecule has 3 heteroatoms. The number of aliphatic hydroxyl groups is 1. The van der Waals surface area contributed by atoms with Gasteiger partial charge in [-0.2, -0.15) is 0 Å². The lowest BCUT2D eigenvalue weighted by Gasteiger charge is -2.22. The van der Waals surface area contributed by atoms with Crippen LogP contribution in [0.15, 0.2) is 24.5 Å². The summed E-state index contributed by atoms with van der Waals surface area (Å²) in [6, 6.07) is 4.15. The molecule has 0 bridgehead atoms. The highest BCUT2D eigenvalue weighted by atomic mass is 16.3. The maximum atomic E-state index is 10.0. The van der Waals surface area contributed by atoms with Crippen molar-refractivity contribution in [2.45, 2.75) is 38.2 Å². The highest BCUT2D eigenvalue weighted by Crippen LogP contribution is 2.21. The van der Waals surface area contributed by atoms with Crippen LogP contribution in [0.2, 0.25) is 0 Å². The molecule has 3 nitrogen and oxygen atoms in total. The van der Waals surface area contributed by atoms with Crippen LogP contribution in [0.4, 0.5) is 0 Å². The van der Waals surface area contributed by atoms with Crippen LogP contribution in [0, 0.1) is 0 Å². The first kappa shape index (κ1) is 12.5. The van der Waals surface area contributed by atoms with Crippen LogP contribution in [-0.4, -0.2) is 40.2 Å². The molecule has 1 aromatic heterocycles. The number of hydrogen-bond acceptors (Lipinski definition) is 3. The smallest absolute Gasteiger partial charge is 0.0632 e. The fourth-order valence-corrected chi connectivity index (χ4v) is 2.38. The third-order valence-electron chi connectivity index (χ3n) is 3.62. The molecular weight excluding hydrogens is 212 g/mol. The van der Waals surface area contributed by atoms with Crippen molar-refractivity contribution in [3.8, 4) is 0 Å². The summed E-state index contributed by atoms with van der Waals surface area (Å²) in [6.45, 7) is 5.17. The third kappa shape index (κ3) is 4.10. The van der Waals surface area contributed by atoms with Crippen LogP contribution in [-0.2, 0) is 6.42 Å². The molecule has 1 aliphatic heterocycles. The number of rotatable bonds is 3. The largest absolute Gasteiger partial charge is 0.390 e. The highest BCUT2D eigenvalue weighted by Gasteiger charge is 2.24. The van der Waals surface area contributed by atoms with Gasteiger partial charge in [-0.3, -0.25) is 4.98 Å². The lowest BCUT2D eigenvalue weighted by Crippen LogP contribution is -2.29. The summed E-state index contributed by atoms with van der Waals surface area (Å²) in [7, 11) is 0. The van der Waals surface area contributed by atoms with E-state index in [4.69, 9.17) is 0 Å². The van der Waals surface area contributed by atoms with Gasteiger partial charge in [-0.25, -0.2) is 0 Å². The second-order valence-electron chi connectivity index (χ2n) is 5.30. The van der Waals surface area contributed by atoms with Crippen LogP contribution < -0.4 is 0 Å². The molecule has 0 saturated carbocycles. The molecule has 1 aliphatic rings.